The van der Waals surface area contributed by atoms with E-state index in [1.54, 1.807) is 6.08 Å². The molecule has 0 radical (unpaired) electrons. The lowest BCUT2D eigenvalue weighted by molar-refractivity contribution is -0.111. The van der Waals surface area contributed by atoms with Crippen LogP contribution in [0, 0.1) is 0 Å². The summed E-state index contributed by atoms with van der Waals surface area (Å²) in [5.74, 6) is 1.47. The molecule has 0 spiro atoms. The van der Waals surface area contributed by atoms with Crippen LogP contribution in [-0.2, 0) is 4.79 Å². The zero-order chi connectivity index (χ0) is 17.6. The van der Waals surface area contributed by atoms with Gasteiger partial charge in [0.1, 0.15) is 17.6 Å². The van der Waals surface area contributed by atoms with Crippen LogP contribution in [0.2, 0.25) is 0 Å². The SMILES string of the molecule is CCOc1ccc(NC(=O)C=CC2=Cc3ccccc3OC2C)cc1. The summed E-state index contributed by atoms with van der Waals surface area (Å²) >= 11 is 0. The summed E-state index contributed by atoms with van der Waals surface area (Å²) < 4.78 is 11.3. The number of amides is 1. The van der Waals surface area contributed by atoms with Gasteiger partial charge in [0.05, 0.1) is 6.61 Å². The minimum Gasteiger partial charge on any atom is -0.494 e. The molecule has 0 bridgehead atoms. The van der Waals surface area contributed by atoms with Crippen molar-refractivity contribution in [3.63, 3.8) is 0 Å². The van der Waals surface area contributed by atoms with Crippen LogP contribution in [0.15, 0.2) is 66.3 Å². The third-order valence-corrected chi connectivity index (χ3v) is 3.87. The predicted molar refractivity (Wildman–Crippen MR) is 99.9 cm³/mol. The van der Waals surface area contributed by atoms with Crippen LogP contribution in [-0.4, -0.2) is 18.6 Å². The quantitative estimate of drug-likeness (QED) is 0.822. The second-order valence-corrected chi connectivity index (χ2v) is 5.72. The molecule has 1 heterocycles. The van der Waals surface area contributed by atoms with E-state index in [9.17, 15) is 4.79 Å². The van der Waals surface area contributed by atoms with E-state index >= 15 is 0 Å². The van der Waals surface area contributed by atoms with Gasteiger partial charge in [0, 0.05) is 17.3 Å². The van der Waals surface area contributed by atoms with E-state index in [4.69, 9.17) is 9.47 Å². The van der Waals surface area contributed by atoms with E-state index in [2.05, 4.69) is 5.32 Å². The molecule has 1 atom stereocenters. The topological polar surface area (TPSA) is 47.6 Å². The number of hydrogen-bond donors (Lipinski definition) is 1. The van der Waals surface area contributed by atoms with Gasteiger partial charge in [-0.15, -0.1) is 0 Å². The van der Waals surface area contributed by atoms with E-state index in [0.717, 1.165) is 28.3 Å². The van der Waals surface area contributed by atoms with Crippen molar-refractivity contribution in [1.82, 2.24) is 0 Å². The Hall–Kier alpha value is -3.01. The minimum absolute atomic E-state index is 0.0931. The Morgan fingerprint density at radius 3 is 2.72 bits per heavy atom. The maximum Gasteiger partial charge on any atom is 0.248 e. The highest BCUT2D eigenvalue weighted by Crippen LogP contribution is 2.29. The van der Waals surface area contributed by atoms with Gasteiger partial charge in [0.15, 0.2) is 0 Å². The summed E-state index contributed by atoms with van der Waals surface area (Å²) in [5.41, 5.74) is 2.71. The molecule has 3 rings (SSSR count). The van der Waals surface area contributed by atoms with Crippen molar-refractivity contribution in [3.8, 4) is 11.5 Å². The van der Waals surface area contributed by atoms with Crippen molar-refractivity contribution in [2.24, 2.45) is 0 Å². The standard InChI is InChI=1S/C21H21NO3/c1-3-24-19-11-9-18(10-12-19)22-21(23)13-8-16-14-17-6-4-5-7-20(17)25-15(16)2/h4-15H,3H2,1-2H3,(H,22,23). The van der Waals surface area contributed by atoms with Crippen molar-refractivity contribution >= 4 is 17.7 Å². The number of fused-ring (bicyclic) bond motifs is 1. The molecule has 0 saturated heterocycles. The van der Waals surface area contributed by atoms with Crippen molar-refractivity contribution in [2.75, 3.05) is 11.9 Å². The molecule has 1 amide bonds. The smallest absolute Gasteiger partial charge is 0.248 e. The van der Waals surface area contributed by atoms with Gasteiger partial charge >= 0.3 is 0 Å². The Morgan fingerprint density at radius 2 is 1.96 bits per heavy atom. The van der Waals surface area contributed by atoms with Gasteiger partial charge in [-0.05, 0) is 61.9 Å². The van der Waals surface area contributed by atoms with Crippen LogP contribution in [0.5, 0.6) is 11.5 Å². The van der Waals surface area contributed by atoms with E-state index in [1.807, 2.05) is 68.5 Å². The number of hydrogen-bond acceptors (Lipinski definition) is 3. The van der Waals surface area contributed by atoms with Crippen molar-refractivity contribution in [1.29, 1.82) is 0 Å². The van der Waals surface area contributed by atoms with Crippen molar-refractivity contribution in [3.05, 3.63) is 71.8 Å². The van der Waals surface area contributed by atoms with Gasteiger partial charge in [-0.3, -0.25) is 4.79 Å². The maximum absolute atomic E-state index is 12.1. The summed E-state index contributed by atoms with van der Waals surface area (Å²) in [6.45, 7) is 4.52. The lowest BCUT2D eigenvalue weighted by Gasteiger charge is -2.22. The number of anilines is 1. The highest BCUT2D eigenvalue weighted by Gasteiger charge is 2.16. The predicted octanol–water partition coefficient (Wildman–Crippen LogP) is 4.44. The van der Waals surface area contributed by atoms with Gasteiger partial charge in [-0.1, -0.05) is 18.2 Å². The maximum atomic E-state index is 12.1. The molecule has 4 heteroatoms. The normalized spacial score (nSPS) is 15.9. The van der Waals surface area contributed by atoms with E-state index in [-0.39, 0.29) is 12.0 Å². The first kappa shape index (κ1) is 16.8. The number of carbonyl (C=O) groups excluding carboxylic acids is 1. The highest BCUT2D eigenvalue weighted by atomic mass is 16.5. The summed E-state index contributed by atoms with van der Waals surface area (Å²) in [6.07, 6.45) is 5.27. The van der Waals surface area contributed by atoms with Crippen LogP contribution in [0.4, 0.5) is 5.69 Å². The Kier molecular flexibility index (Phi) is 5.19. The minimum atomic E-state index is -0.184. The van der Waals surface area contributed by atoms with E-state index in [1.165, 1.54) is 6.08 Å². The van der Waals surface area contributed by atoms with Gasteiger partial charge in [0.25, 0.3) is 0 Å². The molecular weight excluding hydrogens is 314 g/mol. The first-order valence-electron chi connectivity index (χ1n) is 8.35. The lowest BCUT2D eigenvalue weighted by atomic mass is 10.0. The van der Waals surface area contributed by atoms with Crippen LogP contribution >= 0.6 is 0 Å². The molecule has 2 aromatic carbocycles. The molecule has 1 aliphatic rings. The van der Waals surface area contributed by atoms with Crippen molar-refractivity contribution < 1.29 is 14.3 Å². The second kappa shape index (κ2) is 7.71. The average molecular weight is 335 g/mol. The Labute approximate surface area is 147 Å². The summed E-state index contributed by atoms with van der Waals surface area (Å²) in [6, 6.07) is 15.2. The molecule has 2 aromatic rings. The summed E-state index contributed by atoms with van der Waals surface area (Å²) in [4.78, 5) is 12.1. The third kappa shape index (κ3) is 4.29. The zero-order valence-electron chi connectivity index (χ0n) is 14.4. The van der Waals surface area contributed by atoms with E-state index < -0.39 is 0 Å². The van der Waals surface area contributed by atoms with Gasteiger partial charge in [-0.2, -0.15) is 0 Å². The fraction of sp³-hybridized carbons (Fsp3) is 0.190. The zero-order valence-corrected chi connectivity index (χ0v) is 14.4. The van der Waals surface area contributed by atoms with E-state index in [0.29, 0.717) is 6.61 Å². The number of rotatable bonds is 5. The Morgan fingerprint density at radius 1 is 1.20 bits per heavy atom. The monoisotopic (exact) mass is 335 g/mol. The summed E-state index contributed by atoms with van der Waals surface area (Å²) in [7, 11) is 0. The molecular formula is C21H21NO3. The fourth-order valence-corrected chi connectivity index (χ4v) is 2.60. The molecule has 4 nitrogen and oxygen atoms in total. The number of benzene rings is 2. The van der Waals surface area contributed by atoms with Crippen LogP contribution in [0.3, 0.4) is 0 Å². The Balaban J connectivity index is 1.65. The largest absolute Gasteiger partial charge is 0.494 e. The molecule has 0 aliphatic carbocycles. The van der Waals surface area contributed by atoms with Gasteiger partial charge in [-0.25, -0.2) is 0 Å². The average Bonchev–Trinajstić information content (AvgIpc) is 2.62. The molecule has 0 fully saturated rings. The van der Waals surface area contributed by atoms with Crippen LogP contribution in [0.1, 0.15) is 19.4 Å². The summed E-state index contributed by atoms with van der Waals surface area (Å²) in [5, 5.41) is 2.84. The Bertz CT molecular complexity index is 806. The number of nitrogens with one attached hydrogen (secondary N) is 1. The van der Waals surface area contributed by atoms with Crippen molar-refractivity contribution in [2.45, 2.75) is 20.0 Å². The van der Waals surface area contributed by atoms with Crippen LogP contribution in [0.25, 0.3) is 6.08 Å². The number of carbonyl (C=O) groups is 1. The van der Waals surface area contributed by atoms with Crippen LogP contribution < -0.4 is 14.8 Å². The van der Waals surface area contributed by atoms with Gasteiger partial charge < -0.3 is 14.8 Å². The molecule has 0 saturated carbocycles. The highest BCUT2D eigenvalue weighted by molar-refractivity contribution is 5.99. The lowest BCUT2D eigenvalue weighted by Crippen LogP contribution is -2.18. The fourth-order valence-electron chi connectivity index (χ4n) is 2.60. The molecule has 1 N–H and O–H groups in total. The molecule has 1 unspecified atom stereocenters. The molecule has 1 aliphatic heterocycles. The molecule has 0 aromatic heterocycles. The second-order valence-electron chi connectivity index (χ2n) is 5.72. The van der Waals surface area contributed by atoms with Gasteiger partial charge in [0.2, 0.25) is 5.91 Å². The number of ether oxygens (including phenoxy) is 2. The molecule has 128 valence electrons. The third-order valence-electron chi connectivity index (χ3n) is 3.87. The first-order chi connectivity index (χ1) is 12.2. The first-order valence-corrected chi connectivity index (χ1v) is 8.35. The number of para-hydroxylation sites is 1. The molecule has 25 heavy (non-hydrogen) atoms.